The lowest BCUT2D eigenvalue weighted by molar-refractivity contribution is -0.0663. The number of hydrogen-bond donors (Lipinski definition) is 1. The maximum absolute atomic E-state index is 5.65. The smallest absolute Gasteiger partial charge is 0.0935 e. The lowest BCUT2D eigenvalue weighted by atomic mass is 10.2. The molecule has 1 fully saturated rings. The Hall–Kier alpha value is -1.10. The summed E-state index contributed by atoms with van der Waals surface area (Å²) in [7, 11) is 2.11. The second kappa shape index (κ2) is 6.00. The molecule has 94 valence electrons. The van der Waals surface area contributed by atoms with Crippen molar-refractivity contribution >= 4 is 5.69 Å². The fraction of sp³-hybridized carbons (Fsp3) is 0.538. The molecule has 2 rings (SSSR count). The molecule has 1 heterocycles. The SMILES string of the molecule is CN1CCOC(COCc2ccc(N)cc2)C1. The molecule has 1 atom stereocenters. The molecule has 0 saturated carbocycles. The standard InChI is InChI=1S/C13H20N2O2/c1-15-6-7-17-13(8-15)10-16-9-11-2-4-12(14)5-3-11/h2-5,13H,6-10,14H2,1H3. The van der Waals surface area contributed by atoms with Gasteiger partial charge in [-0.2, -0.15) is 0 Å². The van der Waals surface area contributed by atoms with Crippen molar-refractivity contribution in [3.05, 3.63) is 29.8 Å². The van der Waals surface area contributed by atoms with Gasteiger partial charge in [-0.3, -0.25) is 0 Å². The quantitative estimate of drug-likeness (QED) is 0.796. The summed E-state index contributed by atoms with van der Waals surface area (Å²) < 4.78 is 11.3. The number of benzene rings is 1. The Kier molecular flexibility index (Phi) is 4.36. The van der Waals surface area contributed by atoms with Crippen molar-refractivity contribution in [2.75, 3.05) is 39.1 Å². The molecule has 1 aliphatic rings. The van der Waals surface area contributed by atoms with E-state index in [2.05, 4.69) is 11.9 Å². The molecule has 1 aromatic carbocycles. The van der Waals surface area contributed by atoms with Gasteiger partial charge in [0.1, 0.15) is 0 Å². The fourth-order valence-electron chi connectivity index (χ4n) is 1.89. The number of nitrogen functional groups attached to an aromatic ring is 1. The second-order valence-corrected chi connectivity index (χ2v) is 4.51. The monoisotopic (exact) mass is 236 g/mol. The molecule has 4 heteroatoms. The molecule has 1 aliphatic heterocycles. The molecule has 0 aromatic heterocycles. The van der Waals surface area contributed by atoms with Gasteiger partial charge in [0.15, 0.2) is 0 Å². The van der Waals surface area contributed by atoms with Gasteiger partial charge >= 0.3 is 0 Å². The van der Waals surface area contributed by atoms with E-state index in [1.165, 1.54) is 0 Å². The number of hydrogen-bond acceptors (Lipinski definition) is 4. The average molecular weight is 236 g/mol. The largest absolute Gasteiger partial charge is 0.399 e. The Morgan fingerprint density at radius 1 is 1.41 bits per heavy atom. The maximum atomic E-state index is 5.65. The van der Waals surface area contributed by atoms with E-state index in [0.717, 1.165) is 30.9 Å². The third-order valence-electron chi connectivity index (χ3n) is 2.89. The predicted octanol–water partition coefficient (Wildman–Crippen LogP) is 1.12. The van der Waals surface area contributed by atoms with Crippen LogP contribution in [0.5, 0.6) is 0 Å². The van der Waals surface area contributed by atoms with Crippen LogP contribution in [0, 0.1) is 0 Å². The molecule has 0 spiro atoms. The molecule has 0 bridgehead atoms. The van der Waals surface area contributed by atoms with E-state index < -0.39 is 0 Å². The first-order chi connectivity index (χ1) is 8.24. The summed E-state index contributed by atoms with van der Waals surface area (Å²) in [5.41, 5.74) is 7.55. The number of nitrogens with zero attached hydrogens (tertiary/aromatic N) is 1. The van der Waals surface area contributed by atoms with E-state index in [1.54, 1.807) is 0 Å². The van der Waals surface area contributed by atoms with Crippen molar-refractivity contribution in [2.24, 2.45) is 0 Å². The Balaban J connectivity index is 1.70. The summed E-state index contributed by atoms with van der Waals surface area (Å²) in [4.78, 5) is 2.26. The van der Waals surface area contributed by atoms with E-state index in [0.29, 0.717) is 13.2 Å². The van der Waals surface area contributed by atoms with E-state index in [-0.39, 0.29) is 6.10 Å². The average Bonchev–Trinajstić information content (AvgIpc) is 2.32. The van der Waals surface area contributed by atoms with Gasteiger partial charge in [-0.05, 0) is 24.7 Å². The third kappa shape index (κ3) is 4.00. The van der Waals surface area contributed by atoms with Gasteiger partial charge in [-0.15, -0.1) is 0 Å². The molecule has 1 saturated heterocycles. The van der Waals surface area contributed by atoms with Crippen LogP contribution in [0.15, 0.2) is 24.3 Å². The number of morpholine rings is 1. The van der Waals surface area contributed by atoms with Crippen molar-refractivity contribution < 1.29 is 9.47 Å². The Labute approximate surface area is 102 Å². The molecule has 1 aromatic rings. The van der Waals surface area contributed by atoms with Crippen LogP contribution in [-0.4, -0.2) is 44.4 Å². The summed E-state index contributed by atoms with van der Waals surface area (Å²) >= 11 is 0. The van der Waals surface area contributed by atoms with Crippen LogP contribution < -0.4 is 5.73 Å². The third-order valence-corrected chi connectivity index (χ3v) is 2.89. The van der Waals surface area contributed by atoms with Crippen molar-refractivity contribution in [2.45, 2.75) is 12.7 Å². The summed E-state index contributed by atoms with van der Waals surface area (Å²) in [6, 6.07) is 7.76. The summed E-state index contributed by atoms with van der Waals surface area (Å²) in [5, 5.41) is 0. The lowest BCUT2D eigenvalue weighted by Crippen LogP contribution is -2.42. The van der Waals surface area contributed by atoms with Gasteiger partial charge < -0.3 is 20.1 Å². The number of likely N-dealkylation sites (N-methyl/N-ethyl adjacent to an activating group) is 1. The molecule has 0 amide bonds. The summed E-state index contributed by atoms with van der Waals surface area (Å²) in [5.74, 6) is 0. The second-order valence-electron chi connectivity index (χ2n) is 4.51. The first-order valence-corrected chi connectivity index (χ1v) is 5.96. The molecule has 17 heavy (non-hydrogen) atoms. The number of rotatable bonds is 4. The van der Waals surface area contributed by atoms with Crippen LogP contribution in [0.25, 0.3) is 0 Å². The zero-order valence-electron chi connectivity index (χ0n) is 10.3. The highest BCUT2D eigenvalue weighted by molar-refractivity contribution is 5.39. The van der Waals surface area contributed by atoms with Crippen LogP contribution in [0.3, 0.4) is 0 Å². The molecular weight excluding hydrogens is 216 g/mol. The van der Waals surface area contributed by atoms with Crippen molar-refractivity contribution in [3.63, 3.8) is 0 Å². The molecule has 1 unspecified atom stereocenters. The maximum Gasteiger partial charge on any atom is 0.0935 e. The molecule has 0 aliphatic carbocycles. The van der Waals surface area contributed by atoms with Crippen LogP contribution >= 0.6 is 0 Å². The van der Waals surface area contributed by atoms with Gasteiger partial charge in [0.05, 0.1) is 25.9 Å². The van der Waals surface area contributed by atoms with Gasteiger partial charge in [0.2, 0.25) is 0 Å². The minimum absolute atomic E-state index is 0.197. The summed E-state index contributed by atoms with van der Waals surface area (Å²) in [6.45, 7) is 4.02. The van der Waals surface area contributed by atoms with E-state index in [9.17, 15) is 0 Å². The number of nitrogens with two attached hydrogens (primary N) is 1. The van der Waals surface area contributed by atoms with Crippen molar-refractivity contribution in [3.8, 4) is 0 Å². The normalized spacial score (nSPS) is 21.6. The summed E-state index contributed by atoms with van der Waals surface area (Å²) in [6.07, 6.45) is 0.197. The van der Waals surface area contributed by atoms with E-state index in [1.807, 2.05) is 24.3 Å². The molecule has 2 N–H and O–H groups in total. The van der Waals surface area contributed by atoms with E-state index in [4.69, 9.17) is 15.2 Å². The first-order valence-electron chi connectivity index (χ1n) is 5.96. The first kappa shape index (κ1) is 12.4. The molecular formula is C13H20N2O2. The van der Waals surface area contributed by atoms with Gasteiger partial charge in [0, 0.05) is 18.8 Å². The van der Waals surface area contributed by atoms with Crippen LogP contribution in [0.2, 0.25) is 0 Å². The predicted molar refractivity (Wildman–Crippen MR) is 67.7 cm³/mol. The highest BCUT2D eigenvalue weighted by atomic mass is 16.5. The zero-order valence-corrected chi connectivity index (χ0v) is 10.3. The van der Waals surface area contributed by atoms with Crippen molar-refractivity contribution in [1.82, 2.24) is 4.90 Å². The Morgan fingerprint density at radius 3 is 2.88 bits per heavy atom. The topological polar surface area (TPSA) is 47.7 Å². The number of anilines is 1. The minimum atomic E-state index is 0.197. The van der Waals surface area contributed by atoms with Crippen LogP contribution in [-0.2, 0) is 16.1 Å². The number of ether oxygens (including phenoxy) is 2. The van der Waals surface area contributed by atoms with Gasteiger partial charge in [-0.1, -0.05) is 12.1 Å². The van der Waals surface area contributed by atoms with E-state index >= 15 is 0 Å². The molecule has 0 radical (unpaired) electrons. The molecule has 4 nitrogen and oxygen atoms in total. The Morgan fingerprint density at radius 2 is 2.18 bits per heavy atom. The van der Waals surface area contributed by atoms with Crippen LogP contribution in [0.4, 0.5) is 5.69 Å². The highest BCUT2D eigenvalue weighted by Crippen LogP contribution is 2.08. The lowest BCUT2D eigenvalue weighted by Gasteiger charge is -2.29. The zero-order chi connectivity index (χ0) is 12.1. The highest BCUT2D eigenvalue weighted by Gasteiger charge is 2.17. The van der Waals surface area contributed by atoms with Crippen molar-refractivity contribution in [1.29, 1.82) is 0 Å². The van der Waals surface area contributed by atoms with Gasteiger partial charge in [0.25, 0.3) is 0 Å². The van der Waals surface area contributed by atoms with Gasteiger partial charge in [-0.25, -0.2) is 0 Å². The minimum Gasteiger partial charge on any atom is -0.399 e. The van der Waals surface area contributed by atoms with Crippen LogP contribution in [0.1, 0.15) is 5.56 Å². The fourth-order valence-corrected chi connectivity index (χ4v) is 1.89. The Bertz CT molecular complexity index is 340.